The summed E-state index contributed by atoms with van der Waals surface area (Å²) in [6, 6.07) is 4.88. The van der Waals surface area contributed by atoms with E-state index in [9.17, 15) is 8.42 Å². The lowest BCUT2D eigenvalue weighted by Crippen LogP contribution is -2.28. The summed E-state index contributed by atoms with van der Waals surface area (Å²) in [7, 11) is -3.44. The molecule has 0 spiro atoms. The highest BCUT2D eigenvalue weighted by Gasteiger charge is 2.16. The van der Waals surface area contributed by atoms with E-state index >= 15 is 0 Å². The normalized spacial score (nSPS) is 12.0. The fraction of sp³-hybridized carbons (Fsp3) is 0.455. The Morgan fingerprint density at radius 2 is 2.00 bits per heavy atom. The van der Waals surface area contributed by atoms with Gasteiger partial charge in [-0.3, -0.25) is 0 Å². The van der Waals surface area contributed by atoms with Gasteiger partial charge in [0.1, 0.15) is 0 Å². The standard InChI is InChI=1S/C11H18N2O2S/c1-8(2)7-13-16(14,15)11-6-10(12)5-4-9(11)3/h4-6,8,13H,7,12H2,1-3H3. The van der Waals surface area contributed by atoms with Crippen LogP contribution in [0.2, 0.25) is 0 Å². The summed E-state index contributed by atoms with van der Waals surface area (Å²) in [5.74, 6) is 0.274. The summed E-state index contributed by atoms with van der Waals surface area (Å²) in [5, 5.41) is 0. The summed E-state index contributed by atoms with van der Waals surface area (Å²) in [5.41, 5.74) is 6.74. The molecular formula is C11H18N2O2S. The number of aryl methyl sites for hydroxylation is 1. The van der Waals surface area contributed by atoms with E-state index in [1.807, 2.05) is 13.8 Å². The maximum Gasteiger partial charge on any atom is 0.240 e. The van der Waals surface area contributed by atoms with E-state index in [4.69, 9.17) is 5.73 Å². The van der Waals surface area contributed by atoms with Gasteiger partial charge >= 0.3 is 0 Å². The van der Waals surface area contributed by atoms with Gasteiger partial charge in [0, 0.05) is 12.2 Å². The van der Waals surface area contributed by atoms with Gasteiger partial charge in [-0.2, -0.15) is 0 Å². The maximum absolute atomic E-state index is 11.9. The first-order valence-electron chi connectivity index (χ1n) is 5.18. The Morgan fingerprint density at radius 1 is 1.38 bits per heavy atom. The molecule has 0 aliphatic rings. The predicted octanol–water partition coefficient (Wildman–Crippen LogP) is 1.51. The monoisotopic (exact) mass is 242 g/mol. The van der Waals surface area contributed by atoms with E-state index in [0.29, 0.717) is 17.8 Å². The van der Waals surface area contributed by atoms with Crippen molar-refractivity contribution in [2.24, 2.45) is 5.92 Å². The summed E-state index contributed by atoms with van der Waals surface area (Å²) < 4.78 is 26.4. The second kappa shape index (κ2) is 4.84. The molecule has 0 unspecified atom stereocenters. The molecule has 1 rings (SSSR count). The van der Waals surface area contributed by atoms with Crippen LogP contribution in [0, 0.1) is 12.8 Å². The maximum atomic E-state index is 11.9. The summed E-state index contributed by atoms with van der Waals surface area (Å²) in [4.78, 5) is 0.258. The molecule has 0 saturated carbocycles. The van der Waals surface area contributed by atoms with E-state index in [2.05, 4.69) is 4.72 Å². The molecule has 0 aromatic heterocycles. The largest absolute Gasteiger partial charge is 0.399 e. The van der Waals surface area contributed by atoms with Crippen LogP contribution in [0.1, 0.15) is 19.4 Å². The molecule has 0 aliphatic heterocycles. The lowest BCUT2D eigenvalue weighted by Gasteiger charge is -2.11. The van der Waals surface area contributed by atoms with Gasteiger partial charge in [-0.25, -0.2) is 13.1 Å². The summed E-state index contributed by atoms with van der Waals surface area (Å²) in [6.45, 7) is 6.09. The summed E-state index contributed by atoms with van der Waals surface area (Å²) in [6.07, 6.45) is 0. The minimum atomic E-state index is -3.44. The average Bonchev–Trinajstić information content (AvgIpc) is 2.19. The Bertz CT molecular complexity index is 467. The van der Waals surface area contributed by atoms with Crippen LogP contribution in [-0.4, -0.2) is 15.0 Å². The van der Waals surface area contributed by atoms with E-state index in [0.717, 1.165) is 0 Å². The second-order valence-electron chi connectivity index (χ2n) is 4.27. The molecule has 0 atom stereocenters. The van der Waals surface area contributed by atoms with Gasteiger partial charge in [-0.15, -0.1) is 0 Å². The molecule has 0 radical (unpaired) electrons. The third-order valence-corrected chi connectivity index (χ3v) is 3.75. The van der Waals surface area contributed by atoms with Crippen molar-refractivity contribution >= 4 is 15.7 Å². The number of benzene rings is 1. The molecule has 1 aromatic carbocycles. The molecule has 0 saturated heterocycles. The first-order chi connectivity index (χ1) is 7.33. The van der Waals surface area contributed by atoms with Crippen LogP contribution in [0.15, 0.2) is 23.1 Å². The van der Waals surface area contributed by atoms with Crippen LogP contribution < -0.4 is 10.5 Å². The van der Waals surface area contributed by atoms with E-state index < -0.39 is 10.0 Å². The van der Waals surface area contributed by atoms with Gasteiger partial charge in [0.25, 0.3) is 0 Å². The first-order valence-corrected chi connectivity index (χ1v) is 6.67. The zero-order valence-corrected chi connectivity index (χ0v) is 10.6. The zero-order chi connectivity index (χ0) is 12.3. The Balaban J connectivity index is 3.02. The number of nitrogens with one attached hydrogen (secondary N) is 1. The van der Waals surface area contributed by atoms with Crippen molar-refractivity contribution in [3.05, 3.63) is 23.8 Å². The molecule has 0 fully saturated rings. The lowest BCUT2D eigenvalue weighted by molar-refractivity contribution is 0.559. The average molecular weight is 242 g/mol. The topological polar surface area (TPSA) is 72.2 Å². The minimum absolute atomic E-state index is 0.258. The van der Waals surface area contributed by atoms with Crippen LogP contribution in [0.5, 0.6) is 0 Å². The highest BCUT2D eigenvalue weighted by atomic mass is 32.2. The third-order valence-electron chi connectivity index (χ3n) is 2.18. The van der Waals surface area contributed by atoms with Crippen molar-refractivity contribution in [3.63, 3.8) is 0 Å². The molecule has 0 heterocycles. The summed E-state index contributed by atoms with van der Waals surface area (Å²) >= 11 is 0. The van der Waals surface area contributed by atoms with Crippen molar-refractivity contribution in [1.29, 1.82) is 0 Å². The number of nitrogen functional groups attached to an aromatic ring is 1. The molecule has 1 aromatic rings. The minimum Gasteiger partial charge on any atom is -0.399 e. The van der Waals surface area contributed by atoms with Crippen LogP contribution >= 0.6 is 0 Å². The number of anilines is 1. The van der Waals surface area contributed by atoms with Gasteiger partial charge in [-0.05, 0) is 30.5 Å². The molecule has 90 valence electrons. The molecular weight excluding hydrogens is 224 g/mol. The Morgan fingerprint density at radius 3 is 2.56 bits per heavy atom. The predicted molar refractivity (Wildman–Crippen MR) is 65.6 cm³/mol. The third kappa shape index (κ3) is 3.21. The van der Waals surface area contributed by atoms with Crippen molar-refractivity contribution in [2.45, 2.75) is 25.7 Å². The van der Waals surface area contributed by atoms with Crippen LogP contribution in [0.4, 0.5) is 5.69 Å². The van der Waals surface area contributed by atoms with Gasteiger partial charge < -0.3 is 5.73 Å². The number of hydrogen-bond donors (Lipinski definition) is 2. The van der Waals surface area contributed by atoms with Crippen LogP contribution in [0.3, 0.4) is 0 Å². The van der Waals surface area contributed by atoms with E-state index in [1.54, 1.807) is 19.1 Å². The molecule has 4 nitrogen and oxygen atoms in total. The smallest absolute Gasteiger partial charge is 0.240 e. The Labute approximate surface area is 96.9 Å². The lowest BCUT2D eigenvalue weighted by atomic mass is 10.2. The number of rotatable bonds is 4. The first kappa shape index (κ1) is 13.0. The van der Waals surface area contributed by atoms with E-state index in [1.165, 1.54) is 6.07 Å². The molecule has 5 heteroatoms. The molecule has 0 amide bonds. The van der Waals surface area contributed by atoms with E-state index in [-0.39, 0.29) is 10.8 Å². The Kier molecular flexibility index (Phi) is 3.93. The van der Waals surface area contributed by atoms with Crippen LogP contribution in [0.25, 0.3) is 0 Å². The van der Waals surface area contributed by atoms with Gasteiger partial charge in [0.05, 0.1) is 4.90 Å². The van der Waals surface area contributed by atoms with Crippen molar-refractivity contribution < 1.29 is 8.42 Å². The fourth-order valence-corrected chi connectivity index (χ4v) is 2.75. The highest BCUT2D eigenvalue weighted by Crippen LogP contribution is 2.18. The van der Waals surface area contributed by atoms with Gasteiger partial charge in [-0.1, -0.05) is 19.9 Å². The van der Waals surface area contributed by atoms with Crippen molar-refractivity contribution in [1.82, 2.24) is 4.72 Å². The van der Waals surface area contributed by atoms with Crippen LogP contribution in [-0.2, 0) is 10.0 Å². The molecule has 3 N–H and O–H groups in total. The van der Waals surface area contributed by atoms with Crippen molar-refractivity contribution in [3.8, 4) is 0 Å². The highest BCUT2D eigenvalue weighted by molar-refractivity contribution is 7.89. The fourth-order valence-electron chi connectivity index (χ4n) is 1.26. The SMILES string of the molecule is Cc1ccc(N)cc1S(=O)(=O)NCC(C)C. The quantitative estimate of drug-likeness (QED) is 0.786. The molecule has 16 heavy (non-hydrogen) atoms. The van der Waals surface area contributed by atoms with Gasteiger partial charge in [0.2, 0.25) is 10.0 Å². The Hall–Kier alpha value is -1.07. The number of nitrogens with two attached hydrogens (primary N) is 1. The van der Waals surface area contributed by atoms with Gasteiger partial charge in [0.15, 0.2) is 0 Å². The number of sulfonamides is 1. The van der Waals surface area contributed by atoms with Crippen molar-refractivity contribution in [2.75, 3.05) is 12.3 Å². The molecule has 0 bridgehead atoms. The zero-order valence-electron chi connectivity index (χ0n) is 9.82. The number of hydrogen-bond acceptors (Lipinski definition) is 3. The second-order valence-corrected chi connectivity index (χ2v) is 6.01. The molecule has 0 aliphatic carbocycles.